The quantitative estimate of drug-likeness (QED) is 0.630. The van der Waals surface area contributed by atoms with Crippen LogP contribution < -0.4 is 10.6 Å². The van der Waals surface area contributed by atoms with Crippen molar-refractivity contribution in [1.29, 1.82) is 0 Å². The topological polar surface area (TPSA) is 64.6 Å². The van der Waals surface area contributed by atoms with Crippen LogP contribution in [0.2, 0.25) is 0 Å². The van der Waals surface area contributed by atoms with E-state index in [9.17, 15) is 9.90 Å². The van der Waals surface area contributed by atoms with Crippen molar-refractivity contribution in [1.82, 2.24) is 15.5 Å². The number of nitrogens with zero attached hydrogens (tertiary/aromatic N) is 1. The molecule has 5 heteroatoms. The highest BCUT2D eigenvalue weighted by Crippen LogP contribution is 2.22. The number of aliphatic hydroxyl groups is 1. The molecule has 0 spiro atoms. The van der Waals surface area contributed by atoms with Crippen molar-refractivity contribution in [3.05, 3.63) is 0 Å². The molecule has 1 aliphatic carbocycles. The van der Waals surface area contributed by atoms with Crippen molar-refractivity contribution in [3.8, 4) is 0 Å². The smallest absolute Gasteiger partial charge is 0.315 e. The molecule has 0 radical (unpaired) electrons. The van der Waals surface area contributed by atoms with E-state index in [1.807, 2.05) is 13.8 Å². The van der Waals surface area contributed by atoms with Gasteiger partial charge in [-0.05, 0) is 58.0 Å². The highest BCUT2D eigenvalue weighted by molar-refractivity contribution is 5.74. The van der Waals surface area contributed by atoms with Gasteiger partial charge in [0.15, 0.2) is 0 Å². The second kappa shape index (κ2) is 8.59. The fourth-order valence-electron chi connectivity index (χ4n) is 2.85. The molecule has 0 aliphatic heterocycles. The predicted molar refractivity (Wildman–Crippen MR) is 86.4 cm³/mol. The number of urea groups is 1. The molecule has 21 heavy (non-hydrogen) atoms. The molecule has 2 amide bonds. The molecule has 1 fully saturated rings. The number of nitrogens with one attached hydrogen (secondary N) is 2. The highest BCUT2D eigenvalue weighted by atomic mass is 16.3. The standard InChI is InChI=1S/C16H33N3O2/c1-16(2,12-20)9-6-10-17-15(21)18-13-7-5-8-14(11-13)19(3)4/h13-14,20H,5-12H2,1-4H3,(H2,17,18,21). The van der Waals surface area contributed by atoms with Crippen molar-refractivity contribution < 1.29 is 9.90 Å². The first-order valence-electron chi connectivity index (χ1n) is 8.16. The second-order valence-electron chi connectivity index (χ2n) is 7.31. The van der Waals surface area contributed by atoms with Crippen molar-refractivity contribution in [2.24, 2.45) is 5.41 Å². The Kier molecular flexibility index (Phi) is 7.46. The molecule has 0 heterocycles. The summed E-state index contributed by atoms with van der Waals surface area (Å²) in [5, 5.41) is 15.2. The molecular weight excluding hydrogens is 266 g/mol. The van der Waals surface area contributed by atoms with Crippen LogP contribution in [-0.4, -0.2) is 55.4 Å². The summed E-state index contributed by atoms with van der Waals surface area (Å²) in [6.45, 7) is 4.93. The minimum atomic E-state index is -0.0551. The van der Waals surface area contributed by atoms with Gasteiger partial charge in [-0.15, -0.1) is 0 Å². The molecule has 1 saturated carbocycles. The van der Waals surface area contributed by atoms with Gasteiger partial charge in [-0.2, -0.15) is 0 Å². The fourth-order valence-corrected chi connectivity index (χ4v) is 2.85. The summed E-state index contributed by atoms with van der Waals surface area (Å²) in [6.07, 6.45) is 6.33. The van der Waals surface area contributed by atoms with E-state index in [0.29, 0.717) is 18.6 Å². The maximum atomic E-state index is 11.9. The number of carbonyl (C=O) groups is 1. The van der Waals surface area contributed by atoms with Crippen molar-refractivity contribution in [2.75, 3.05) is 27.2 Å². The van der Waals surface area contributed by atoms with Gasteiger partial charge < -0.3 is 20.6 Å². The first-order chi connectivity index (χ1) is 9.84. The van der Waals surface area contributed by atoms with Gasteiger partial charge in [0, 0.05) is 25.2 Å². The Bertz CT molecular complexity index is 319. The van der Waals surface area contributed by atoms with Gasteiger partial charge in [0.2, 0.25) is 0 Å². The fraction of sp³-hybridized carbons (Fsp3) is 0.938. The second-order valence-corrected chi connectivity index (χ2v) is 7.31. The van der Waals surface area contributed by atoms with Crippen molar-refractivity contribution in [3.63, 3.8) is 0 Å². The van der Waals surface area contributed by atoms with Crippen LogP contribution in [-0.2, 0) is 0 Å². The third kappa shape index (κ3) is 7.14. The number of hydrogen-bond acceptors (Lipinski definition) is 3. The molecule has 1 rings (SSSR count). The lowest BCUT2D eigenvalue weighted by atomic mass is 9.89. The Balaban J connectivity index is 2.19. The molecule has 5 nitrogen and oxygen atoms in total. The molecule has 0 aromatic rings. The summed E-state index contributed by atoms with van der Waals surface area (Å²) < 4.78 is 0. The number of carbonyl (C=O) groups excluding carboxylic acids is 1. The van der Waals surface area contributed by atoms with E-state index in [-0.39, 0.29) is 18.1 Å². The van der Waals surface area contributed by atoms with Gasteiger partial charge in [0.05, 0.1) is 0 Å². The summed E-state index contributed by atoms with van der Waals surface area (Å²) in [6, 6.07) is 0.815. The molecule has 2 unspecified atom stereocenters. The van der Waals surface area contributed by atoms with Crippen LogP contribution in [0.3, 0.4) is 0 Å². The predicted octanol–water partition coefficient (Wildman–Crippen LogP) is 1.96. The lowest BCUT2D eigenvalue weighted by Gasteiger charge is -2.33. The summed E-state index contributed by atoms with van der Waals surface area (Å²) in [5.74, 6) is 0. The zero-order valence-electron chi connectivity index (χ0n) is 14.1. The average molecular weight is 299 g/mol. The van der Waals surface area contributed by atoms with Gasteiger partial charge in [-0.1, -0.05) is 13.8 Å². The monoisotopic (exact) mass is 299 g/mol. The minimum Gasteiger partial charge on any atom is -0.396 e. The van der Waals surface area contributed by atoms with E-state index >= 15 is 0 Å². The molecule has 0 bridgehead atoms. The van der Waals surface area contributed by atoms with E-state index in [1.165, 1.54) is 12.8 Å². The number of hydrogen-bond donors (Lipinski definition) is 3. The molecule has 2 atom stereocenters. The van der Waals surface area contributed by atoms with Crippen LogP contribution in [0, 0.1) is 5.41 Å². The van der Waals surface area contributed by atoms with Gasteiger partial charge >= 0.3 is 6.03 Å². The van der Waals surface area contributed by atoms with Crippen LogP contribution in [0.15, 0.2) is 0 Å². The van der Waals surface area contributed by atoms with Crippen LogP contribution in [0.1, 0.15) is 52.4 Å². The first-order valence-corrected chi connectivity index (χ1v) is 8.16. The highest BCUT2D eigenvalue weighted by Gasteiger charge is 2.24. The van der Waals surface area contributed by atoms with E-state index < -0.39 is 0 Å². The zero-order valence-corrected chi connectivity index (χ0v) is 14.1. The Morgan fingerprint density at radius 3 is 2.67 bits per heavy atom. The Hall–Kier alpha value is -0.810. The third-order valence-corrected chi connectivity index (χ3v) is 4.46. The molecule has 1 aliphatic rings. The van der Waals surface area contributed by atoms with Gasteiger partial charge in [0.25, 0.3) is 0 Å². The summed E-state index contributed by atoms with van der Waals surface area (Å²) in [7, 11) is 4.21. The summed E-state index contributed by atoms with van der Waals surface area (Å²) >= 11 is 0. The largest absolute Gasteiger partial charge is 0.396 e. The van der Waals surface area contributed by atoms with Crippen LogP contribution in [0.5, 0.6) is 0 Å². The Morgan fingerprint density at radius 1 is 1.33 bits per heavy atom. The Labute approximate surface area is 129 Å². The zero-order chi connectivity index (χ0) is 15.9. The number of amides is 2. The molecule has 124 valence electrons. The average Bonchev–Trinajstić information content (AvgIpc) is 2.44. The third-order valence-electron chi connectivity index (χ3n) is 4.46. The lowest BCUT2D eigenvalue weighted by Crippen LogP contribution is -2.47. The number of rotatable bonds is 7. The molecule has 0 aromatic heterocycles. The van der Waals surface area contributed by atoms with E-state index in [4.69, 9.17) is 0 Å². The van der Waals surface area contributed by atoms with Crippen LogP contribution in [0.4, 0.5) is 4.79 Å². The van der Waals surface area contributed by atoms with Gasteiger partial charge in [0.1, 0.15) is 0 Å². The van der Waals surface area contributed by atoms with Crippen LogP contribution in [0.25, 0.3) is 0 Å². The SMILES string of the molecule is CN(C)C1CCCC(NC(=O)NCCCC(C)(C)CO)C1. The van der Waals surface area contributed by atoms with Crippen molar-refractivity contribution in [2.45, 2.75) is 64.5 Å². The normalized spacial score (nSPS) is 23.1. The maximum absolute atomic E-state index is 11.9. The van der Waals surface area contributed by atoms with E-state index in [0.717, 1.165) is 25.7 Å². The van der Waals surface area contributed by atoms with Gasteiger partial charge in [-0.3, -0.25) is 0 Å². The summed E-state index contributed by atoms with van der Waals surface area (Å²) in [4.78, 5) is 14.1. The summed E-state index contributed by atoms with van der Waals surface area (Å²) in [5.41, 5.74) is -0.0551. The molecule has 0 aromatic carbocycles. The van der Waals surface area contributed by atoms with Crippen LogP contribution >= 0.6 is 0 Å². The van der Waals surface area contributed by atoms with Gasteiger partial charge in [-0.25, -0.2) is 4.79 Å². The Morgan fingerprint density at radius 2 is 2.05 bits per heavy atom. The lowest BCUT2D eigenvalue weighted by molar-refractivity contribution is 0.148. The van der Waals surface area contributed by atoms with Crippen molar-refractivity contribution >= 4 is 6.03 Å². The van der Waals surface area contributed by atoms with E-state index in [2.05, 4.69) is 29.6 Å². The first kappa shape index (κ1) is 18.2. The molecule has 0 saturated heterocycles. The number of aliphatic hydroxyl groups excluding tert-OH is 1. The van der Waals surface area contributed by atoms with E-state index in [1.54, 1.807) is 0 Å². The minimum absolute atomic E-state index is 0.0544. The molecular formula is C16H33N3O2. The molecule has 3 N–H and O–H groups in total. The maximum Gasteiger partial charge on any atom is 0.315 e.